The highest BCUT2D eigenvalue weighted by Gasteiger charge is 2.39. The number of ether oxygens (including phenoxy) is 1. The molecule has 1 aliphatic rings. The van der Waals surface area contributed by atoms with Crippen LogP contribution in [0.15, 0.2) is 17.5 Å². The molecule has 0 spiro atoms. The van der Waals surface area contributed by atoms with Crippen LogP contribution < -0.4 is 5.32 Å². The molecule has 3 nitrogen and oxygen atoms in total. The van der Waals surface area contributed by atoms with Crippen LogP contribution in [0.25, 0.3) is 0 Å². The van der Waals surface area contributed by atoms with Crippen molar-refractivity contribution in [2.75, 3.05) is 7.11 Å². The molecule has 1 unspecified atom stereocenters. The third kappa shape index (κ3) is 2.87. The largest absolute Gasteiger partial charge is 0.468 e. The zero-order valence-electron chi connectivity index (χ0n) is 10.5. The van der Waals surface area contributed by atoms with Crippen molar-refractivity contribution in [2.45, 2.75) is 38.3 Å². The third-order valence-electron chi connectivity index (χ3n) is 3.16. The summed E-state index contributed by atoms with van der Waals surface area (Å²) in [4.78, 5) is 13.0. The van der Waals surface area contributed by atoms with E-state index in [4.69, 9.17) is 4.74 Å². The number of nitrogens with one attached hydrogen (secondary N) is 1. The molecular weight excluding hydrogens is 234 g/mol. The molecule has 1 aromatic heterocycles. The first-order valence-electron chi connectivity index (χ1n) is 5.94. The standard InChI is InChI=1S/C13H19NO2S/c1-13(2,12(15)16-3)14-11(9-6-7-9)10-5-4-8-17-10/h4-5,8-9,11,14H,6-7H2,1-3H3. The first-order valence-corrected chi connectivity index (χ1v) is 6.82. The van der Waals surface area contributed by atoms with E-state index in [1.165, 1.54) is 24.8 Å². The fourth-order valence-corrected chi connectivity index (χ4v) is 2.89. The Hall–Kier alpha value is -0.870. The molecule has 1 aromatic rings. The molecule has 2 rings (SSSR count). The second-order valence-electron chi connectivity index (χ2n) is 5.09. The van der Waals surface area contributed by atoms with Crippen LogP contribution in [0.1, 0.15) is 37.6 Å². The van der Waals surface area contributed by atoms with E-state index in [1.807, 2.05) is 13.8 Å². The van der Waals surface area contributed by atoms with Gasteiger partial charge in [0.1, 0.15) is 5.54 Å². The topological polar surface area (TPSA) is 38.3 Å². The average molecular weight is 253 g/mol. The van der Waals surface area contributed by atoms with Gasteiger partial charge in [0.05, 0.1) is 7.11 Å². The van der Waals surface area contributed by atoms with Crippen LogP contribution in [0, 0.1) is 5.92 Å². The van der Waals surface area contributed by atoms with E-state index in [0.717, 1.165) is 0 Å². The van der Waals surface area contributed by atoms with Gasteiger partial charge >= 0.3 is 5.97 Å². The van der Waals surface area contributed by atoms with Crippen LogP contribution in [-0.4, -0.2) is 18.6 Å². The molecule has 0 aliphatic heterocycles. The van der Waals surface area contributed by atoms with E-state index in [-0.39, 0.29) is 12.0 Å². The lowest BCUT2D eigenvalue weighted by molar-refractivity contribution is -0.147. The summed E-state index contributed by atoms with van der Waals surface area (Å²) in [6.07, 6.45) is 2.49. The van der Waals surface area contributed by atoms with E-state index < -0.39 is 5.54 Å². The minimum Gasteiger partial charge on any atom is -0.468 e. The van der Waals surface area contributed by atoms with Gasteiger partial charge in [0, 0.05) is 10.9 Å². The molecule has 1 aliphatic carbocycles. The van der Waals surface area contributed by atoms with Crippen molar-refractivity contribution in [3.05, 3.63) is 22.4 Å². The van der Waals surface area contributed by atoms with Gasteiger partial charge in [-0.15, -0.1) is 11.3 Å². The number of esters is 1. The average Bonchev–Trinajstić information content (AvgIpc) is 3.00. The van der Waals surface area contributed by atoms with Crippen molar-refractivity contribution in [1.29, 1.82) is 0 Å². The summed E-state index contributed by atoms with van der Waals surface area (Å²) in [5.41, 5.74) is -0.633. The van der Waals surface area contributed by atoms with E-state index in [0.29, 0.717) is 5.92 Å². The number of hydrogen-bond donors (Lipinski definition) is 1. The van der Waals surface area contributed by atoms with E-state index >= 15 is 0 Å². The Morgan fingerprint density at radius 3 is 2.76 bits per heavy atom. The predicted octanol–water partition coefficient (Wildman–Crippen LogP) is 2.74. The molecule has 1 heterocycles. The van der Waals surface area contributed by atoms with Crippen LogP contribution >= 0.6 is 11.3 Å². The number of methoxy groups -OCH3 is 1. The lowest BCUT2D eigenvalue weighted by Crippen LogP contribution is -2.49. The second-order valence-corrected chi connectivity index (χ2v) is 6.07. The quantitative estimate of drug-likeness (QED) is 0.820. The minimum absolute atomic E-state index is 0.209. The molecule has 0 amide bonds. The van der Waals surface area contributed by atoms with Crippen LogP contribution in [-0.2, 0) is 9.53 Å². The number of rotatable bonds is 5. The van der Waals surface area contributed by atoms with Crippen molar-refractivity contribution in [3.63, 3.8) is 0 Å². The number of carbonyl (C=O) groups is 1. The molecule has 0 bridgehead atoms. The SMILES string of the molecule is COC(=O)C(C)(C)NC(c1cccs1)C1CC1. The van der Waals surface area contributed by atoms with Gasteiger partial charge in [-0.2, -0.15) is 0 Å². The summed E-state index contributed by atoms with van der Waals surface area (Å²) < 4.78 is 4.84. The van der Waals surface area contributed by atoms with Gasteiger partial charge in [-0.3, -0.25) is 10.1 Å². The number of hydrogen-bond acceptors (Lipinski definition) is 4. The summed E-state index contributed by atoms with van der Waals surface area (Å²) in [5.74, 6) is 0.456. The Morgan fingerprint density at radius 2 is 2.29 bits per heavy atom. The summed E-state index contributed by atoms with van der Waals surface area (Å²) in [5, 5.41) is 5.53. The number of carbonyl (C=O) groups excluding carboxylic acids is 1. The molecule has 1 N–H and O–H groups in total. The monoisotopic (exact) mass is 253 g/mol. The van der Waals surface area contributed by atoms with Gasteiger partial charge in [-0.05, 0) is 44.1 Å². The third-order valence-corrected chi connectivity index (χ3v) is 4.11. The van der Waals surface area contributed by atoms with Gasteiger partial charge in [0.15, 0.2) is 0 Å². The second kappa shape index (κ2) is 4.78. The molecule has 1 saturated carbocycles. The van der Waals surface area contributed by atoms with Gasteiger partial charge in [-0.1, -0.05) is 6.07 Å². The Bertz CT molecular complexity index is 382. The smallest absolute Gasteiger partial charge is 0.325 e. The van der Waals surface area contributed by atoms with Crippen LogP contribution in [0.2, 0.25) is 0 Å². The molecule has 4 heteroatoms. The summed E-state index contributed by atoms with van der Waals surface area (Å²) in [6.45, 7) is 3.75. The normalized spacial score (nSPS) is 17.8. The molecule has 1 atom stereocenters. The van der Waals surface area contributed by atoms with Gasteiger partial charge in [-0.25, -0.2) is 0 Å². The number of thiophene rings is 1. The molecule has 0 aromatic carbocycles. The molecule has 1 fully saturated rings. The van der Waals surface area contributed by atoms with Crippen LogP contribution in [0.3, 0.4) is 0 Å². The van der Waals surface area contributed by atoms with Crippen molar-refractivity contribution in [3.8, 4) is 0 Å². The van der Waals surface area contributed by atoms with Crippen LogP contribution in [0.4, 0.5) is 0 Å². The Labute approximate surface area is 106 Å². The lowest BCUT2D eigenvalue weighted by atomic mass is 10.0. The highest BCUT2D eigenvalue weighted by molar-refractivity contribution is 7.10. The fraction of sp³-hybridized carbons (Fsp3) is 0.615. The Kier molecular flexibility index (Phi) is 3.54. The highest BCUT2D eigenvalue weighted by Crippen LogP contribution is 2.43. The Morgan fingerprint density at radius 1 is 1.59 bits per heavy atom. The van der Waals surface area contributed by atoms with Crippen molar-refractivity contribution in [2.24, 2.45) is 5.92 Å². The molecular formula is C13H19NO2S. The summed E-state index contributed by atoms with van der Waals surface area (Å²) in [6, 6.07) is 4.47. The first kappa shape index (κ1) is 12.6. The molecule has 0 saturated heterocycles. The fourth-order valence-electron chi connectivity index (χ4n) is 2.02. The zero-order chi connectivity index (χ0) is 12.5. The van der Waals surface area contributed by atoms with E-state index in [9.17, 15) is 4.79 Å². The zero-order valence-corrected chi connectivity index (χ0v) is 11.3. The van der Waals surface area contributed by atoms with E-state index in [2.05, 4.69) is 22.8 Å². The van der Waals surface area contributed by atoms with E-state index in [1.54, 1.807) is 11.3 Å². The van der Waals surface area contributed by atoms with Crippen LogP contribution in [0.5, 0.6) is 0 Å². The highest BCUT2D eigenvalue weighted by atomic mass is 32.1. The first-order chi connectivity index (χ1) is 8.04. The summed E-state index contributed by atoms with van der Waals surface area (Å²) >= 11 is 1.74. The lowest BCUT2D eigenvalue weighted by Gasteiger charge is -2.29. The van der Waals surface area contributed by atoms with Gasteiger partial charge < -0.3 is 4.74 Å². The van der Waals surface area contributed by atoms with Gasteiger partial charge in [0.25, 0.3) is 0 Å². The van der Waals surface area contributed by atoms with Crippen molar-refractivity contribution < 1.29 is 9.53 Å². The molecule has 17 heavy (non-hydrogen) atoms. The predicted molar refractivity (Wildman–Crippen MR) is 69.0 cm³/mol. The Balaban J connectivity index is 2.11. The summed E-state index contributed by atoms with van der Waals surface area (Å²) in [7, 11) is 1.43. The maximum atomic E-state index is 11.7. The van der Waals surface area contributed by atoms with Crippen molar-refractivity contribution in [1.82, 2.24) is 5.32 Å². The maximum Gasteiger partial charge on any atom is 0.325 e. The van der Waals surface area contributed by atoms with Crippen molar-refractivity contribution >= 4 is 17.3 Å². The molecule has 94 valence electrons. The maximum absolute atomic E-state index is 11.7. The van der Waals surface area contributed by atoms with Gasteiger partial charge in [0.2, 0.25) is 0 Å². The minimum atomic E-state index is -0.633. The molecule has 0 radical (unpaired) electrons.